The third-order valence-electron chi connectivity index (χ3n) is 6.17. The smallest absolute Gasteiger partial charge is 0.337 e. The van der Waals surface area contributed by atoms with Gasteiger partial charge in [-0.05, 0) is 61.0 Å². The van der Waals surface area contributed by atoms with Gasteiger partial charge in [-0.15, -0.1) is 0 Å². The number of ketones is 1. The van der Waals surface area contributed by atoms with Crippen molar-refractivity contribution >= 4 is 28.7 Å². The van der Waals surface area contributed by atoms with Crippen molar-refractivity contribution in [3.05, 3.63) is 94.9 Å². The lowest BCUT2D eigenvalue weighted by Crippen LogP contribution is -2.02. The average molecular weight is 484 g/mol. The summed E-state index contributed by atoms with van der Waals surface area (Å²) in [5.74, 6) is 1.49. The Morgan fingerprint density at radius 3 is 2.50 bits per heavy atom. The maximum absolute atomic E-state index is 13.0. The molecule has 5 rings (SSSR count). The minimum atomic E-state index is -0.384. The van der Waals surface area contributed by atoms with Gasteiger partial charge in [-0.1, -0.05) is 12.1 Å². The van der Waals surface area contributed by atoms with Gasteiger partial charge in [-0.3, -0.25) is 4.79 Å². The van der Waals surface area contributed by atoms with Gasteiger partial charge in [0.2, 0.25) is 5.78 Å². The van der Waals surface area contributed by atoms with E-state index in [0.29, 0.717) is 29.2 Å². The van der Waals surface area contributed by atoms with Crippen LogP contribution in [-0.4, -0.2) is 30.5 Å². The van der Waals surface area contributed by atoms with Gasteiger partial charge in [0.25, 0.3) is 0 Å². The number of hydrogen-bond donors (Lipinski definition) is 0. The summed E-state index contributed by atoms with van der Waals surface area (Å²) in [6.45, 7) is 3.17. The van der Waals surface area contributed by atoms with Crippen molar-refractivity contribution in [1.82, 2.24) is 4.57 Å². The lowest BCUT2D eigenvalue weighted by molar-refractivity contribution is 0.0600. The minimum absolute atomic E-state index is 0.171. The Morgan fingerprint density at radius 1 is 1.00 bits per heavy atom. The van der Waals surface area contributed by atoms with Crippen LogP contribution >= 0.6 is 0 Å². The predicted octanol–water partition coefficient (Wildman–Crippen LogP) is 5.65. The molecule has 0 fully saturated rings. The van der Waals surface area contributed by atoms with Crippen molar-refractivity contribution in [1.29, 1.82) is 0 Å². The molecular weight excluding hydrogens is 458 g/mol. The fraction of sp³-hybridized carbons (Fsp3) is 0.172. The zero-order chi connectivity index (χ0) is 25.2. The Bertz CT molecular complexity index is 1500. The first-order valence-electron chi connectivity index (χ1n) is 11.6. The summed E-state index contributed by atoms with van der Waals surface area (Å²) in [5.41, 5.74) is 3.80. The molecule has 1 aliphatic heterocycles. The average Bonchev–Trinajstić information content (AvgIpc) is 3.43. The number of fused-ring (bicyclic) bond motifs is 2. The van der Waals surface area contributed by atoms with Crippen molar-refractivity contribution in [3.8, 4) is 17.2 Å². The molecule has 0 spiro atoms. The first kappa shape index (κ1) is 23.2. The van der Waals surface area contributed by atoms with Crippen molar-refractivity contribution in [3.63, 3.8) is 0 Å². The number of allylic oxidation sites excluding steroid dienone is 1. The van der Waals surface area contributed by atoms with Crippen molar-refractivity contribution < 1.29 is 28.5 Å². The highest BCUT2D eigenvalue weighted by Crippen LogP contribution is 2.36. The molecule has 36 heavy (non-hydrogen) atoms. The number of rotatable bonds is 7. The van der Waals surface area contributed by atoms with Gasteiger partial charge in [0.1, 0.15) is 23.9 Å². The third kappa shape index (κ3) is 4.31. The molecule has 0 saturated carbocycles. The molecule has 7 nitrogen and oxygen atoms in total. The maximum atomic E-state index is 13.0. The van der Waals surface area contributed by atoms with E-state index in [0.717, 1.165) is 34.3 Å². The SMILES string of the molecule is CCn1cc(/C=C2\Oc3cc(OCc4ccc(C(=O)OC)cc4)ccc3C2=O)c2cc(OC)ccc21. The third-order valence-corrected chi connectivity index (χ3v) is 6.17. The van der Waals surface area contributed by atoms with Crippen molar-refractivity contribution in [2.75, 3.05) is 14.2 Å². The first-order chi connectivity index (χ1) is 17.5. The van der Waals surface area contributed by atoms with Crippen LogP contribution in [-0.2, 0) is 17.9 Å². The van der Waals surface area contributed by atoms with Crippen LogP contribution in [0, 0.1) is 0 Å². The van der Waals surface area contributed by atoms with E-state index in [4.69, 9.17) is 18.9 Å². The normalized spacial score (nSPS) is 13.5. The summed E-state index contributed by atoms with van der Waals surface area (Å²) in [5, 5.41) is 0.985. The topological polar surface area (TPSA) is 76.0 Å². The van der Waals surface area contributed by atoms with Gasteiger partial charge < -0.3 is 23.5 Å². The molecule has 4 aromatic rings. The summed E-state index contributed by atoms with van der Waals surface area (Å²) in [6.07, 6.45) is 3.79. The number of ether oxygens (including phenoxy) is 4. The van der Waals surface area contributed by atoms with E-state index >= 15 is 0 Å². The van der Waals surface area contributed by atoms with Crippen LogP contribution in [0.3, 0.4) is 0 Å². The molecule has 0 saturated heterocycles. The molecule has 0 atom stereocenters. The number of methoxy groups -OCH3 is 2. The lowest BCUT2D eigenvalue weighted by Gasteiger charge is -2.08. The van der Waals surface area contributed by atoms with Crippen LogP contribution in [0.2, 0.25) is 0 Å². The largest absolute Gasteiger partial charge is 0.497 e. The number of hydrogen-bond acceptors (Lipinski definition) is 6. The van der Waals surface area contributed by atoms with Gasteiger partial charge in [-0.25, -0.2) is 4.79 Å². The highest BCUT2D eigenvalue weighted by molar-refractivity contribution is 6.15. The van der Waals surface area contributed by atoms with E-state index in [-0.39, 0.29) is 17.5 Å². The molecule has 0 N–H and O–H groups in total. The van der Waals surface area contributed by atoms with Crippen LogP contribution in [0.1, 0.15) is 38.8 Å². The Hall–Kier alpha value is -4.52. The highest BCUT2D eigenvalue weighted by atomic mass is 16.5. The molecule has 0 unspecified atom stereocenters. The summed E-state index contributed by atoms with van der Waals surface area (Å²) in [6, 6.07) is 18.1. The fourth-order valence-electron chi connectivity index (χ4n) is 4.23. The van der Waals surface area contributed by atoms with Crippen molar-refractivity contribution in [2.24, 2.45) is 0 Å². The standard InChI is InChI=1S/C29H25NO6/c1-4-30-16-20(24-14-21(33-2)10-12-25(24)30)13-27-28(31)23-11-9-22(15-26(23)36-27)35-17-18-5-7-19(8-6-18)29(32)34-3/h5-16H,4,17H2,1-3H3/b27-13-. The van der Waals surface area contributed by atoms with E-state index in [1.54, 1.807) is 43.5 Å². The molecule has 3 aromatic carbocycles. The summed E-state index contributed by atoms with van der Waals surface area (Å²) in [7, 11) is 2.98. The number of benzene rings is 3. The van der Waals surface area contributed by atoms with E-state index in [1.165, 1.54) is 7.11 Å². The molecule has 2 heterocycles. The Balaban J connectivity index is 1.35. The highest BCUT2D eigenvalue weighted by Gasteiger charge is 2.28. The van der Waals surface area contributed by atoms with Crippen LogP contribution in [0.5, 0.6) is 17.2 Å². The second kappa shape index (κ2) is 9.62. The van der Waals surface area contributed by atoms with E-state index < -0.39 is 0 Å². The minimum Gasteiger partial charge on any atom is -0.497 e. The second-order valence-electron chi connectivity index (χ2n) is 8.33. The summed E-state index contributed by atoms with van der Waals surface area (Å²) in [4.78, 5) is 24.6. The van der Waals surface area contributed by atoms with E-state index in [2.05, 4.69) is 11.5 Å². The van der Waals surface area contributed by atoms with Gasteiger partial charge in [0.15, 0.2) is 5.76 Å². The van der Waals surface area contributed by atoms with Crippen LogP contribution < -0.4 is 14.2 Å². The predicted molar refractivity (Wildman–Crippen MR) is 136 cm³/mol. The maximum Gasteiger partial charge on any atom is 0.337 e. The van der Waals surface area contributed by atoms with Crippen LogP contribution in [0.25, 0.3) is 17.0 Å². The molecular formula is C29H25NO6. The molecule has 0 radical (unpaired) electrons. The molecule has 0 bridgehead atoms. The fourth-order valence-corrected chi connectivity index (χ4v) is 4.23. The van der Waals surface area contributed by atoms with Crippen LogP contribution in [0.4, 0.5) is 0 Å². The lowest BCUT2D eigenvalue weighted by atomic mass is 10.1. The van der Waals surface area contributed by atoms with E-state index in [1.807, 2.05) is 36.5 Å². The second-order valence-corrected chi connectivity index (χ2v) is 8.33. The Morgan fingerprint density at radius 2 is 1.78 bits per heavy atom. The number of carbonyl (C=O) groups excluding carboxylic acids is 2. The Kier molecular flexibility index (Phi) is 6.21. The quantitative estimate of drug-likeness (QED) is 0.250. The number of aryl methyl sites for hydroxylation is 1. The number of nitrogens with zero attached hydrogens (tertiary/aromatic N) is 1. The summed E-state index contributed by atoms with van der Waals surface area (Å²) < 4.78 is 24.1. The van der Waals surface area contributed by atoms with E-state index in [9.17, 15) is 9.59 Å². The molecule has 1 aliphatic rings. The number of esters is 1. The van der Waals surface area contributed by atoms with Gasteiger partial charge in [-0.2, -0.15) is 0 Å². The molecule has 182 valence electrons. The first-order valence-corrected chi connectivity index (χ1v) is 11.6. The molecule has 0 amide bonds. The number of Topliss-reactive ketones (excluding diaryl/α,β-unsaturated/α-hetero) is 1. The van der Waals surface area contributed by atoms with Crippen molar-refractivity contribution in [2.45, 2.75) is 20.1 Å². The monoisotopic (exact) mass is 483 g/mol. The number of aromatic nitrogens is 1. The molecule has 7 heteroatoms. The van der Waals surface area contributed by atoms with Gasteiger partial charge >= 0.3 is 5.97 Å². The van der Waals surface area contributed by atoms with Gasteiger partial charge in [0, 0.05) is 35.3 Å². The zero-order valence-corrected chi connectivity index (χ0v) is 20.2. The molecule has 0 aliphatic carbocycles. The zero-order valence-electron chi connectivity index (χ0n) is 20.2. The van der Waals surface area contributed by atoms with Gasteiger partial charge in [0.05, 0.1) is 25.3 Å². The van der Waals surface area contributed by atoms with Crippen LogP contribution in [0.15, 0.2) is 72.6 Å². The summed E-state index contributed by atoms with van der Waals surface area (Å²) >= 11 is 0. The Labute approximate surface area is 208 Å². The molecule has 1 aromatic heterocycles. The number of carbonyl (C=O) groups is 2.